The first-order valence-corrected chi connectivity index (χ1v) is 7.03. The molecular formula is C11H16BrNO3S. The third-order valence-corrected chi connectivity index (χ3v) is 4.07. The molecule has 0 saturated carbocycles. The van der Waals surface area contributed by atoms with E-state index in [1.165, 1.54) is 11.3 Å². The second-order valence-electron chi connectivity index (χ2n) is 3.66. The van der Waals surface area contributed by atoms with Crippen LogP contribution in [0, 0.1) is 0 Å². The maximum Gasteiger partial charge on any atom is 0.174 e. The number of hydrogen-bond donors (Lipinski definition) is 3. The van der Waals surface area contributed by atoms with E-state index in [0.29, 0.717) is 19.4 Å². The van der Waals surface area contributed by atoms with Crippen molar-refractivity contribution in [1.82, 2.24) is 5.32 Å². The van der Waals surface area contributed by atoms with Crippen molar-refractivity contribution in [2.75, 3.05) is 6.54 Å². The summed E-state index contributed by atoms with van der Waals surface area (Å²) in [5.74, 6) is 0.0653. The van der Waals surface area contributed by atoms with Gasteiger partial charge >= 0.3 is 0 Å². The summed E-state index contributed by atoms with van der Waals surface area (Å²) in [7, 11) is 0. The molecule has 1 heterocycles. The molecule has 0 fully saturated rings. The van der Waals surface area contributed by atoms with Crippen molar-refractivity contribution < 1.29 is 15.0 Å². The van der Waals surface area contributed by atoms with Crippen LogP contribution >= 0.6 is 27.3 Å². The van der Waals surface area contributed by atoms with Crippen LogP contribution in [0.5, 0.6) is 0 Å². The van der Waals surface area contributed by atoms with Crippen molar-refractivity contribution >= 4 is 33.0 Å². The van der Waals surface area contributed by atoms with E-state index in [2.05, 4.69) is 21.2 Å². The quantitative estimate of drug-likeness (QED) is 0.528. The zero-order valence-electron chi connectivity index (χ0n) is 9.52. The normalized spacial score (nSPS) is 13.0. The molecule has 96 valence electrons. The van der Waals surface area contributed by atoms with Gasteiger partial charge in [-0.05, 0) is 34.5 Å². The lowest BCUT2D eigenvalue weighted by Crippen LogP contribution is -2.40. The van der Waals surface area contributed by atoms with Gasteiger partial charge in [-0.2, -0.15) is 0 Å². The highest BCUT2D eigenvalue weighted by Crippen LogP contribution is 2.22. The summed E-state index contributed by atoms with van der Waals surface area (Å²) in [4.78, 5) is 12.4. The summed E-state index contributed by atoms with van der Waals surface area (Å²) in [6.45, 7) is 2.31. The van der Waals surface area contributed by atoms with Crippen LogP contribution in [-0.2, 0) is 0 Å². The van der Waals surface area contributed by atoms with Crippen molar-refractivity contribution in [3.05, 3.63) is 20.8 Å². The molecule has 4 nitrogen and oxygen atoms in total. The van der Waals surface area contributed by atoms with E-state index in [1.54, 1.807) is 6.07 Å². The number of thiophene rings is 1. The van der Waals surface area contributed by atoms with Crippen LogP contribution in [-0.4, -0.2) is 34.9 Å². The second-order valence-corrected chi connectivity index (χ2v) is 6.12. The Kier molecular flexibility index (Phi) is 6.29. The number of nitrogens with one attached hydrogen (secondary N) is 1. The maximum atomic E-state index is 11.7. The van der Waals surface area contributed by atoms with Gasteiger partial charge in [-0.1, -0.05) is 6.92 Å². The number of carbonyl (C=O) groups excluding carboxylic acids is 1. The summed E-state index contributed by atoms with van der Waals surface area (Å²) in [5.41, 5.74) is 0. The Hall–Kier alpha value is -0.270. The van der Waals surface area contributed by atoms with Gasteiger partial charge in [-0.15, -0.1) is 11.3 Å². The van der Waals surface area contributed by atoms with Crippen molar-refractivity contribution in [2.45, 2.75) is 32.1 Å². The zero-order valence-corrected chi connectivity index (χ0v) is 11.9. The van der Waals surface area contributed by atoms with E-state index < -0.39 is 6.29 Å². The van der Waals surface area contributed by atoms with E-state index in [4.69, 9.17) is 10.2 Å². The molecule has 3 N–H and O–H groups in total. The van der Waals surface area contributed by atoms with Crippen LogP contribution in [0.3, 0.4) is 0 Å². The zero-order chi connectivity index (χ0) is 12.8. The summed E-state index contributed by atoms with van der Waals surface area (Å²) in [6, 6.07) is 3.25. The molecule has 17 heavy (non-hydrogen) atoms. The van der Waals surface area contributed by atoms with Crippen LogP contribution < -0.4 is 5.32 Å². The Morgan fingerprint density at radius 3 is 2.71 bits per heavy atom. The highest BCUT2D eigenvalue weighted by molar-refractivity contribution is 9.11. The molecule has 1 aromatic heterocycles. The van der Waals surface area contributed by atoms with E-state index in [-0.39, 0.29) is 11.8 Å². The van der Waals surface area contributed by atoms with Gasteiger partial charge in [-0.25, -0.2) is 0 Å². The molecule has 1 aromatic rings. The third kappa shape index (κ3) is 4.85. The number of hydrogen-bond acceptors (Lipinski definition) is 5. The minimum atomic E-state index is -1.38. The first-order chi connectivity index (χ1) is 8.04. The number of rotatable bonds is 7. The fourth-order valence-electron chi connectivity index (χ4n) is 1.42. The predicted molar refractivity (Wildman–Crippen MR) is 71.3 cm³/mol. The van der Waals surface area contributed by atoms with E-state index in [0.717, 1.165) is 8.66 Å². The van der Waals surface area contributed by atoms with Gasteiger partial charge in [0.25, 0.3) is 0 Å². The Morgan fingerprint density at radius 1 is 1.53 bits per heavy atom. The van der Waals surface area contributed by atoms with Crippen molar-refractivity contribution in [3.63, 3.8) is 0 Å². The Balaban J connectivity index is 2.34. The lowest BCUT2D eigenvalue weighted by Gasteiger charge is -2.18. The fraction of sp³-hybridized carbons (Fsp3) is 0.545. The van der Waals surface area contributed by atoms with Gasteiger partial charge in [0, 0.05) is 13.0 Å². The van der Waals surface area contributed by atoms with Crippen LogP contribution in [0.15, 0.2) is 15.9 Å². The van der Waals surface area contributed by atoms with Gasteiger partial charge in [0.15, 0.2) is 12.1 Å². The highest BCUT2D eigenvalue weighted by atomic mass is 79.9. The average Bonchev–Trinajstić information content (AvgIpc) is 2.70. The highest BCUT2D eigenvalue weighted by Gasteiger charge is 2.14. The minimum absolute atomic E-state index is 0.0653. The maximum absolute atomic E-state index is 11.7. The van der Waals surface area contributed by atoms with Gasteiger partial charge in [-0.3, -0.25) is 4.79 Å². The van der Waals surface area contributed by atoms with Crippen LogP contribution in [0.2, 0.25) is 0 Å². The Bertz CT molecular complexity index is 367. The van der Waals surface area contributed by atoms with E-state index in [1.807, 2.05) is 13.0 Å². The van der Waals surface area contributed by atoms with Crippen molar-refractivity contribution in [1.29, 1.82) is 0 Å². The van der Waals surface area contributed by atoms with Gasteiger partial charge in [0.1, 0.15) is 0 Å². The SMILES string of the molecule is CCC(NCCC(=O)c1ccc(Br)s1)C(O)O. The summed E-state index contributed by atoms with van der Waals surface area (Å²) in [6.07, 6.45) is -0.418. The summed E-state index contributed by atoms with van der Waals surface area (Å²) >= 11 is 4.71. The number of Topliss-reactive ketones (excluding diaryl/α,β-unsaturated/α-hetero) is 1. The largest absolute Gasteiger partial charge is 0.367 e. The lowest BCUT2D eigenvalue weighted by molar-refractivity contribution is -0.0674. The summed E-state index contributed by atoms with van der Waals surface area (Å²) in [5, 5.41) is 21.0. The average molecular weight is 322 g/mol. The molecule has 0 aliphatic rings. The lowest BCUT2D eigenvalue weighted by atomic mass is 10.2. The van der Waals surface area contributed by atoms with Crippen LogP contribution in [0.1, 0.15) is 29.4 Å². The standard InChI is InChI=1S/C11H16BrNO3S/c1-2-7(11(15)16)13-6-5-8(14)9-3-4-10(12)17-9/h3-4,7,11,13,15-16H,2,5-6H2,1H3. The van der Waals surface area contributed by atoms with Gasteiger partial charge in [0.2, 0.25) is 0 Å². The second kappa shape index (κ2) is 7.23. The van der Waals surface area contributed by atoms with Gasteiger partial charge < -0.3 is 15.5 Å². The molecule has 0 saturated heterocycles. The Morgan fingerprint density at radius 2 is 2.24 bits per heavy atom. The molecule has 0 aromatic carbocycles. The molecule has 0 aliphatic carbocycles. The molecule has 0 amide bonds. The van der Waals surface area contributed by atoms with Crippen LogP contribution in [0.4, 0.5) is 0 Å². The van der Waals surface area contributed by atoms with E-state index >= 15 is 0 Å². The van der Waals surface area contributed by atoms with Crippen molar-refractivity contribution in [2.24, 2.45) is 0 Å². The number of aliphatic hydroxyl groups excluding tert-OH is 1. The number of ketones is 1. The molecule has 1 rings (SSSR count). The molecule has 0 radical (unpaired) electrons. The molecule has 1 atom stereocenters. The molecule has 1 unspecified atom stereocenters. The molecule has 6 heteroatoms. The third-order valence-electron chi connectivity index (χ3n) is 2.41. The first-order valence-electron chi connectivity index (χ1n) is 5.42. The smallest absolute Gasteiger partial charge is 0.174 e. The van der Waals surface area contributed by atoms with Crippen LogP contribution in [0.25, 0.3) is 0 Å². The number of carbonyl (C=O) groups is 1. The summed E-state index contributed by atoms with van der Waals surface area (Å²) < 4.78 is 0.936. The van der Waals surface area contributed by atoms with E-state index in [9.17, 15) is 4.79 Å². The van der Waals surface area contributed by atoms with Crippen molar-refractivity contribution in [3.8, 4) is 0 Å². The first kappa shape index (κ1) is 14.8. The Labute approximate surface area is 113 Å². The fourth-order valence-corrected chi connectivity index (χ4v) is 2.77. The van der Waals surface area contributed by atoms with Gasteiger partial charge in [0.05, 0.1) is 14.7 Å². The number of aliphatic hydroxyl groups is 2. The molecular weight excluding hydrogens is 306 g/mol. The topological polar surface area (TPSA) is 69.6 Å². The number of halogens is 1. The minimum Gasteiger partial charge on any atom is -0.367 e. The monoisotopic (exact) mass is 321 g/mol. The predicted octanol–water partition coefficient (Wildman–Crippen LogP) is 1.76. The molecule has 0 spiro atoms. The molecule has 0 bridgehead atoms. The molecule has 0 aliphatic heterocycles.